The second-order valence-corrected chi connectivity index (χ2v) is 6.72. The topological polar surface area (TPSA) is 61.9 Å². The van der Waals surface area contributed by atoms with E-state index in [0.29, 0.717) is 38.3 Å². The fourth-order valence-electron chi connectivity index (χ4n) is 3.29. The van der Waals surface area contributed by atoms with E-state index in [1.807, 2.05) is 12.1 Å². The predicted octanol–water partition coefficient (Wildman–Crippen LogP) is 2.61. The van der Waals surface area contributed by atoms with Gasteiger partial charge in [0, 0.05) is 45.3 Å². The Labute approximate surface area is 168 Å². The zero-order valence-electron chi connectivity index (χ0n) is 16.1. The van der Waals surface area contributed by atoms with E-state index >= 15 is 0 Å². The van der Waals surface area contributed by atoms with Gasteiger partial charge in [0.1, 0.15) is 5.75 Å². The van der Waals surface area contributed by atoms with E-state index in [0.717, 1.165) is 5.56 Å². The van der Waals surface area contributed by atoms with Gasteiger partial charge in [0.25, 0.3) is 11.8 Å². The van der Waals surface area contributed by atoms with Gasteiger partial charge in [-0.25, -0.2) is 0 Å². The van der Waals surface area contributed by atoms with Crippen LogP contribution in [0, 0.1) is 0 Å². The monoisotopic (exact) mass is 403 g/mol. The van der Waals surface area contributed by atoms with E-state index in [-0.39, 0.29) is 23.1 Å². The van der Waals surface area contributed by atoms with Crippen molar-refractivity contribution < 1.29 is 23.1 Å². The van der Waals surface area contributed by atoms with Crippen molar-refractivity contribution in [2.24, 2.45) is 0 Å². The molecule has 1 N–H and O–H groups in total. The van der Waals surface area contributed by atoms with E-state index in [9.17, 15) is 18.4 Å². The number of nitrogens with one attached hydrogen (secondary N) is 1. The van der Waals surface area contributed by atoms with Crippen LogP contribution in [0.3, 0.4) is 0 Å². The number of piperazine rings is 1. The summed E-state index contributed by atoms with van der Waals surface area (Å²) in [6.45, 7) is 0.0645. The lowest BCUT2D eigenvalue weighted by Gasteiger charge is -2.35. The maximum Gasteiger partial charge on any atom is 0.387 e. The summed E-state index contributed by atoms with van der Waals surface area (Å²) < 4.78 is 29.6. The number of benzene rings is 2. The highest BCUT2D eigenvalue weighted by Gasteiger charge is 2.25. The van der Waals surface area contributed by atoms with Crippen LogP contribution in [-0.2, 0) is 6.54 Å². The average molecular weight is 403 g/mol. The Morgan fingerprint density at radius 1 is 1.03 bits per heavy atom. The minimum Gasteiger partial charge on any atom is -0.434 e. The fourth-order valence-corrected chi connectivity index (χ4v) is 3.29. The van der Waals surface area contributed by atoms with Gasteiger partial charge in [-0.05, 0) is 29.8 Å². The maximum atomic E-state index is 12.7. The fraction of sp³-hybridized carbons (Fsp3) is 0.333. The Bertz CT molecular complexity index is 851. The summed E-state index contributed by atoms with van der Waals surface area (Å²) in [4.78, 5) is 28.2. The molecule has 2 amide bonds. The van der Waals surface area contributed by atoms with Crippen molar-refractivity contribution in [1.82, 2.24) is 15.1 Å². The molecule has 0 bridgehead atoms. The van der Waals surface area contributed by atoms with Gasteiger partial charge in [-0.2, -0.15) is 8.78 Å². The van der Waals surface area contributed by atoms with Gasteiger partial charge in [-0.15, -0.1) is 0 Å². The third-order valence-electron chi connectivity index (χ3n) is 4.84. The number of ether oxygens (including phenoxy) is 1. The Kier molecular flexibility index (Phi) is 6.77. The molecule has 29 heavy (non-hydrogen) atoms. The lowest BCUT2D eigenvalue weighted by Crippen LogP contribution is -2.48. The van der Waals surface area contributed by atoms with Crippen molar-refractivity contribution in [3.8, 4) is 5.75 Å². The molecule has 1 aliphatic heterocycles. The first-order chi connectivity index (χ1) is 14.0. The van der Waals surface area contributed by atoms with Crippen LogP contribution in [0.25, 0.3) is 0 Å². The number of para-hydroxylation sites is 1. The number of nitrogens with zero attached hydrogens (tertiary/aromatic N) is 2. The van der Waals surface area contributed by atoms with Gasteiger partial charge < -0.3 is 15.0 Å². The molecule has 8 heteroatoms. The molecule has 0 aliphatic carbocycles. The van der Waals surface area contributed by atoms with Crippen molar-refractivity contribution in [3.05, 3.63) is 65.2 Å². The van der Waals surface area contributed by atoms with Crippen molar-refractivity contribution in [2.45, 2.75) is 13.2 Å². The number of amides is 2. The molecule has 1 fully saturated rings. The summed E-state index contributed by atoms with van der Waals surface area (Å²) in [6, 6.07) is 13.5. The smallest absolute Gasteiger partial charge is 0.387 e. The molecule has 0 atom stereocenters. The summed E-state index contributed by atoms with van der Waals surface area (Å²) in [6.07, 6.45) is 0. The van der Waals surface area contributed by atoms with Gasteiger partial charge in [-0.3, -0.25) is 14.5 Å². The molecule has 1 aliphatic rings. The highest BCUT2D eigenvalue weighted by molar-refractivity contribution is 5.97. The first-order valence-electron chi connectivity index (χ1n) is 9.34. The molecule has 6 nitrogen and oxygen atoms in total. The molecule has 0 unspecified atom stereocenters. The quantitative estimate of drug-likeness (QED) is 0.806. The van der Waals surface area contributed by atoms with Gasteiger partial charge in [0.2, 0.25) is 0 Å². The van der Waals surface area contributed by atoms with E-state index in [1.54, 1.807) is 36.2 Å². The lowest BCUT2D eigenvalue weighted by molar-refractivity contribution is -0.0503. The second kappa shape index (κ2) is 9.47. The largest absolute Gasteiger partial charge is 0.434 e. The SMILES string of the molecule is CNC(=O)c1ccc(CN2CCN(C(=O)c3ccccc3OC(F)F)CC2)cc1. The second-order valence-electron chi connectivity index (χ2n) is 6.72. The zero-order chi connectivity index (χ0) is 20.8. The lowest BCUT2D eigenvalue weighted by atomic mass is 10.1. The summed E-state index contributed by atoms with van der Waals surface area (Å²) in [5.74, 6) is -0.540. The molecular formula is C21H23F2N3O3. The predicted molar refractivity (Wildman–Crippen MR) is 104 cm³/mol. The number of hydrogen-bond acceptors (Lipinski definition) is 4. The summed E-state index contributed by atoms with van der Waals surface area (Å²) in [5.41, 5.74) is 1.83. The van der Waals surface area contributed by atoms with Crippen LogP contribution in [0.5, 0.6) is 5.75 Å². The number of rotatable bonds is 6. The highest BCUT2D eigenvalue weighted by Crippen LogP contribution is 2.22. The van der Waals surface area contributed by atoms with Crippen molar-refractivity contribution in [3.63, 3.8) is 0 Å². The van der Waals surface area contributed by atoms with Crippen LogP contribution in [0.15, 0.2) is 48.5 Å². The van der Waals surface area contributed by atoms with Crippen LogP contribution in [-0.4, -0.2) is 61.5 Å². The third kappa shape index (κ3) is 5.29. The van der Waals surface area contributed by atoms with E-state index in [2.05, 4.69) is 15.0 Å². The molecule has 1 saturated heterocycles. The van der Waals surface area contributed by atoms with Crippen molar-refractivity contribution in [1.29, 1.82) is 0 Å². The molecule has 0 saturated carbocycles. The number of hydrogen-bond donors (Lipinski definition) is 1. The van der Waals surface area contributed by atoms with Gasteiger partial charge in [0.05, 0.1) is 5.56 Å². The first kappa shape index (κ1) is 20.7. The summed E-state index contributed by atoms with van der Waals surface area (Å²) >= 11 is 0. The molecular weight excluding hydrogens is 380 g/mol. The number of carbonyl (C=O) groups excluding carboxylic acids is 2. The Morgan fingerprint density at radius 3 is 2.31 bits per heavy atom. The van der Waals surface area contributed by atoms with Gasteiger partial charge in [0.15, 0.2) is 0 Å². The Morgan fingerprint density at radius 2 is 1.69 bits per heavy atom. The minimum atomic E-state index is -2.98. The zero-order valence-corrected chi connectivity index (χ0v) is 16.1. The number of alkyl halides is 2. The number of halogens is 2. The van der Waals surface area contributed by atoms with Crippen LogP contribution >= 0.6 is 0 Å². The van der Waals surface area contributed by atoms with Crippen molar-refractivity contribution in [2.75, 3.05) is 33.2 Å². The molecule has 1 heterocycles. The molecule has 0 radical (unpaired) electrons. The van der Waals surface area contributed by atoms with Crippen LogP contribution < -0.4 is 10.1 Å². The Hall–Kier alpha value is -3.00. The Balaban J connectivity index is 1.57. The summed E-state index contributed by atoms with van der Waals surface area (Å²) in [7, 11) is 1.59. The van der Waals surface area contributed by atoms with Gasteiger partial charge >= 0.3 is 6.61 Å². The maximum absolute atomic E-state index is 12.7. The standard InChI is InChI=1S/C21H23F2N3O3/c1-24-19(27)16-8-6-15(7-9-16)14-25-10-12-26(13-11-25)20(28)17-4-2-3-5-18(17)29-21(22)23/h2-9,21H,10-14H2,1H3,(H,24,27). The molecule has 154 valence electrons. The highest BCUT2D eigenvalue weighted by atomic mass is 19.3. The summed E-state index contributed by atoms with van der Waals surface area (Å²) in [5, 5.41) is 2.59. The average Bonchev–Trinajstić information content (AvgIpc) is 2.74. The van der Waals surface area contributed by atoms with Crippen molar-refractivity contribution >= 4 is 11.8 Å². The minimum absolute atomic E-state index is 0.105. The van der Waals surface area contributed by atoms with Crippen LogP contribution in [0.1, 0.15) is 26.3 Å². The van der Waals surface area contributed by atoms with E-state index in [1.165, 1.54) is 12.1 Å². The van der Waals surface area contributed by atoms with E-state index < -0.39 is 6.61 Å². The van der Waals surface area contributed by atoms with Crippen LogP contribution in [0.4, 0.5) is 8.78 Å². The molecule has 0 spiro atoms. The third-order valence-corrected chi connectivity index (χ3v) is 4.84. The molecule has 2 aromatic carbocycles. The number of carbonyl (C=O) groups is 2. The molecule has 2 aromatic rings. The molecule has 3 rings (SSSR count). The van der Waals surface area contributed by atoms with Gasteiger partial charge in [-0.1, -0.05) is 24.3 Å². The van der Waals surface area contributed by atoms with E-state index in [4.69, 9.17) is 0 Å². The molecule has 0 aromatic heterocycles. The van der Waals surface area contributed by atoms with Crippen LogP contribution in [0.2, 0.25) is 0 Å². The normalized spacial score (nSPS) is 14.7. The first-order valence-corrected chi connectivity index (χ1v) is 9.34.